The lowest BCUT2D eigenvalue weighted by atomic mass is 10.6. The number of carbonyl (C=O) groups excluding carboxylic acids is 1. The van der Waals surface area contributed by atoms with E-state index in [1.54, 1.807) is 6.92 Å². The third-order valence-electron chi connectivity index (χ3n) is 0.877. The van der Waals surface area contributed by atoms with Crippen molar-refractivity contribution in [3.63, 3.8) is 0 Å². The van der Waals surface area contributed by atoms with Crippen LogP contribution in [-0.2, 0) is 14.6 Å². The van der Waals surface area contributed by atoms with Gasteiger partial charge in [-0.25, -0.2) is 8.42 Å². The number of hydrogen-bond acceptors (Lipinski definition) is 3. The van der Waals surface area contributed by atoms with Crippen molar-refractivity contribution in [3.8, 4) is 0 Å². The Morgan fingerprint density at radius 3 is 2.30 bits per heavy atom. The van der Waals surface area contributed by atoms with E-state index in [9.17, 15) is 13.2 Å². The van der Waals surface area contributed by atoms with Gasteiger partial charge < -0.3 is 5.73 Å². The molecule has 0 aliphatic heterocycles. The van der Waals surface area contributed by atoms with Crippen molar-refractivity contribution in [2.45, 2.75) is 13.3 Å². The first-order chi connectivity index (χ1) is 4.48. The maximum atomic E-state index is 10.7. The quantitative estimate of drug-likeness (QED) is 0.598. The highest BCUT2D eigenvalue weighted by Gasteiger charge is 2.11. The Labute approximate surface area is 60.3 Å². The van der Waals surface area contributed by atoms with Gasteiger partial charge in [0.2, 0.25) is 5.91 Å². The van der Waals surface area contributed by atoms with Crippen LogP contribution in [0.4, 0.5) is 0 Å². The molecule has 2 N–H and O–H groups in total. The third-order valence-corrected chi connectivity index (χ3v) is 2.63. The molecule has 0 aromatic carbocycles. The second kappa shape index (κ2) is 3.55. The van der Waals surface area contributed by atoms with E-state index in [0.717, 1.165) is 0 Å². The van der Waals surface area contributed by atoms with Gasteiger partial charge in [0, 0.05) is 0 Å². The van der Waals surface area contributed by atoms with Crippen LogP contribution in [-0.4, -0.2) is 25.8 Å². The summed E-state index contributed by atoms with van der Waals surface area (Å²) in [7, 11) is -3.21. The lowest BCUT2D eigenvalue weighted by molar-refractivity contribution is -0.115. The molecule has 60 valence electrons. The largest absolute Gasteiger partial charge is 0.369 e. The monoisotopic (exact) mass is 165 g/mol. The van der Waals surface area contributed by atoms with Gasteiger partial charge in [0.25, 0.3) is 0 Å². The van der Waals surface area contributed by atoms with E-state index >= 15 is 0 Å². The number of rotatable bonds is 4. The summed E-state index contributed by atoms with van der Waals surface area (Å²) in [5.41, 5.74) is 4.69. The average Bonchev–Trinajstić information content (AvgIpc) is 1.59. The molecule has 0 aromatic rings. The van der Waals surface area contributed by atoms with Gasteiger partial charge in [-0.05, 0) is 6.42 Å². The molecule has 0 heterocycles. The lowest BCUT2D eigenvalue weighted by Gasteiger charge is -1.96. The van der Waals surface area contributed by atoms with Crippen LogP contribution in [0.3, 0.4) is 0 Å². The zero-order valence-electron chi connectivity index (χ0n) is 5.83. The summed E-state index contributed by atoms with van der Waals surface area (Å²) in [6, 6.07) is 0. The van der Waals surface area contributed by atoms with Gasteiger partial charge in [-0.1, -0.05) is 6.92 Å². The fraction of sp³-hybridized carbons (Fsp3) is 0.800. The van der Waals surface area contributed by atoms with Crippen LogP contribution in [0.15, 0.2) is 0 Å². The predicted molar refractivity (Wildman–Crippen MR) is 38.1 cm³/mol. The molecule has 0 saturated heterocycles. The highest BCUT2D eigenvalue weighted by molar-refractivity contribution is 7.92. The Bertz CT molecular complexity index is 207. The number of primary amides is 1. The zero-order valence-corrected chi connectivity index (χ0v) is 6.65. The molecule has 4 nitrogen and oxygen atoms in total. The highest BCUT2D eigenvalue weighted by atomic mass is 32.2. The second-order valence-corrected chi connectivity index (χ2v) is 4.24. The Morgan fingerprint density at radius 1 is 1.50 bits per heavy atom. The maximum Gasteiger partial charge on any atom is 0.232 e. The van der Waals surface area contributed by atoms with Crippen LogP contribution in [0.2, 0.25) is 0 Å². The molecule has 0 radical (unpaired) electrons. The van der Waals surface area contributed by atoms with Crippen LogP contribution in [0.1, 0.15) is 13.3 Å². The molecular formula is C5H11NO3S. The van der Waals surface area contributed by atoms with Crippen LogP contribution in [0, 0.1) is 0 Å². The van der Waals surface area contributed by atoms with E-state index in [0.29, 0.717) is 6.42 Å². The van der Waals surface area contributed by atoms with Crippen molar-refractivity contribution in [1.82, 2.24) is 0 Å². The van der Waals surface area contributed by atoms with Gasteiger partial charge in [-0.3, -0.25) is 4.79 Å². The fourth-order valence-electron chi connectivity index (χ4n) is 0.600. The minimum Gasteiger partial charge on any atom is -0.369 e. The molecule has 0 aliphatic rings. The first kappa shape index (κ1) is 9.42. The fourth-order valence-corrected chi connectivity index (χ4v) is 1.80. The van der Waals surface area contributed by atoms with Gasteiger partial charge in [0.15, 0.2) is 9.84 Å². The number of amides is 1. The molecule has 0 fully saturated rings. The minimum absolute atomic E-state index is 0.0376. The average molecular weight is 165 g/mol. The van der Waals surface area contributed by atoms with Crippen LogP contribution >= 0.6 is 0 Å². The lowest BCUT2D eigenvalue weighted by Crippen LogP contribution is -2.24. The molecule has 0 atom stereocenters. The van der Waals surface area contributed by atoms with Crippen molar-refractivity contribution in [2.75, 3.05) is 11.5 Å². The van der Waals surface area contributed by atoms with Gasteiger partial charge in [0.1, 0.15) is 5.75 Å². The molecule has 5 heteroatoms. The van der Waals surface area contributed by atoms with Crippen LogP contribution < -0.4 is 5.73 Å². The van der Waals surface area contributed by atoms with E-state index in [2.05, 4.69) is 0 Å². The third kappa shape index (κ3) is 4.31. The Morgan fingerprint density at radius 2 is 2.00 bits per heavy atom. The molecule has 10 heavy (non-hydrogen) atoms. The second-order valence-electron chi connectivity index (χ2n) is 2.06. The number of hydrogen-bond donors (Lipinski definition) is 1. The Hall–Kier alpha value is -0.580. The van der Waals surface area contributed by atoms with E-state index in [1.165, 1.54) is 0 Å². The minimum atomic E-state index is -3.21. The zero-order chi connectivity index (χ0) is 8.20. The van der Waals surface area contributed by atoms with Crippen molar-refractivity contribution < 1.29 is 13.2 Å². The maximum absolute atomic E-state index is 10.7. The smallest absolute Gasteiger partial charge is 0.232 e. The molecule has 0 bridgehead atoms. The van der Waals surface area contributed by atoms with Crippen molar-refractivity contribution in [3.05, 3.63) is 0 Å². The first-order valence-electron chi connectivity index (χ1n) is 2.96. The summed E-state index contributed by atoms with van der Waals surface area (Å²) in [6.45, 7) is 1.73. The van der Waals surface area contributed by atoms with Gasteiger partial charge in [-0.15, -0.1) is 0 Å². The van der Waals surface area contributed by atoms with E-state index in [4.69, 9.17) is 5.73 Å². The summed E-state index contributed by atoms with van der Waals surface area (Å²) in [4.78, 5) is 10.1. The molecule has 0 rings (SSSR count). The Kier molecular flexibility index (Phi) is 3.35. The first-order valence-corrected chi connectivity index (χ1v) is 4.79. The van der Waals surface area contributed by atoms with Crippen LogP contribution in [0.5, 0.6) is 0 Å². The number of nitrogens with two attached hydrogens (primary N) is 1. The van der Waals surface area contributed by atoms with Crippen LogP contribution in [0.25, 0.3) is 0 Å². The highest BCUT2D eigenvalue weighted by Crippen LogP contribution is 1.91. The van der Waals surface area contributed by atoms with Gasteiger partial charge in [0.05, 0.1) is 5.75 Å². The standard InChI is InChI=1S/C5H11NO3S/c1-2-3-10(8,9)4-5(6)7/h2-4H2,1H3,(H2,6,7). The Balaban J connectivity index is 4.02. The molecule has 0 spiro atoms. The van der Waals surface area contributed by atoms with Gasteiger partial charge in [-0.2, -0.15) is 0 Å². The molecule has 0 saturated carbocycles. The molecule has 0 unspecified atom stereocenters. The summed E-state index contributed by atoms with van der Waals surface area (Å²) < 4.78 is 21.5. The molecule has 1 amide bonds. The number of sulfone groups is 1. The van der Waals surface area contributed by atoms with E-state index < -0.39 is 21.5 Å². The van der Waals surface area contributed by atoms with Gasteiger partial charge >= 0.3 is 0 Å². The molecule has 0 aromatic heterocycles. The van der Waals surface area contributed by atoms with E-state index in [1.807, 2.05) is 0 Å². The SMILES string of the molecule is CCCS(=O)(=O)CC(N)=O. The van der Waals surface area contributed by atoms with Crippen molar-refractivity contribution in [1.29, 1.82) is 0 Å². The summed E-state index contributed by atoms with van der Waals surface area (Å²) in [5, 5.41) is 0. The normalized spacial score (nSPS) is 11.3. The predicted octanol–water partition coefficient (Wildman–Crippen LogP) is -0.704. The topological polar surface area (TPSA) is 77.2 Å². The number of carbonyl (C=O) groups is 1. The molecular weight excluding hydrogens is 154 g/mol. The summed E-state index contributed by atoms with van der Waals surface area (Å²) >= 11 is 0. The summed E-state index contributed by atoms with van der Waals surface area (Å²) in [6.07, 6.45) is 0.523. The molecule has 0 aliphatic carbocycles. The van der Waals surface area contributed by atoms with E-state index in [-0.39, 0.29) is 5.75 Å². The van der Waals surface area contributed by atoms with Crippen molar-refractivity contribution in [2.24, 2.45) is 5.73 Å². The van der Waals surface area contributed by atoms with Crippen molar-refractivity contribution >= 4 is 15.7 Å². The summed E-state index contributed by atoms with van der Waals surface area (Å²) in [5.74, 6) is -1.27.